The highest BCUT2D eigenvalue weighted by atomic mass is 16.5. The van der Waals surface area contributed by atoms with Gasteiger partial charge in [0.1, 0.15) is 6.10 Å². The summed E-state index contributed by atoms with van der Waals surface area (Å²) in [4.78, 5) is 11.6. The molecule has 14 heavy (non-hydrogen) atoms. The Bertz CT molecular complexity index is 193. The van der Waals surface area contributed by atoms with Gasteiger partial charge in [-0.15, -0.1) is 0 Å². The van der Waals surface area contributed by atoms with Gasteiger partial charge in [0.05, 0.1) is 6.61 Å². The van der Waals surface area contributed by atoms with Crippen LogP contribution in [0.2, 0.25) is 0 Å². The summed E-state index contributed by atoms with van der Waals surface area (Å²) in [6.45, 7) is 9.03. The van der Waals surface area contributed by atoms with E-state index in [2.05, 4.69) is 31.4 Å². The zero-order valence-corrected chi connectivity index (χ0v) is 9.22. The van der Waals surface area contributed by atoms with Crippen molar-refractivity contribution in [2.24, 2.45) is 5.41 Å². The highest BCUT2D eigenvalue weighted by molar-refractivity contribution is 5.81. The lowest BCUT2D eigenvalue weighted by Gasteiger charge is -2.25. The number of nitrogens with one attached hydrogen (secondary N) is 2. The maximum absolute atomic E-state index is 11.6. The van der Waals surface area contributed by atoms with Gasteiger partial charge in [-0.25, -0.2) is 0 Å². The highest BCUT2D eigenvalue weighted by Gasteiger charge is 2.22. The predicted octanol–water partition coefficient (Wildman–Crippen LogP) is 0.137. The minimum absolute atomic E-state index is 0.00729. The molecule has 0 saturated carbocycles. The van der Waals surface area contributed by atoms with E-state index in [1.807, 2.05) is 0 Å². The third-order valence-corrected chi connectivity index (χ3v) is 2.01. The molecule has 1 rings (SSSR count). The van der Waals surface area contributed by atoms with Crippen LogP contribution in [0.3, 0.4) is 0 Å². The van der Waals surface area contributed by atoms with Gasteiger partial charge in [0.2, 0.25) is 5.91 Å². The molecule has 0 spiro atoms. The van der Waals surface area contributed by atoms with Gasteiger partial charge < -0.3 is 15.4 Å². The van der Waals surface area contributed by atoms with Gasteiger partial charge in [0.15, 0.2) is 0 Å². The van der Waals surface area contributed by atoms with Gasteiger partial charge >= 0.3 is 0 Å². The quantitative estimate of drug-likeness (QED) is 0.666. The molecule has 1 heterocycles. The third-order valence-electron chi connectivity index (χ3n) is 2.01. The molecule has 4 nitrogen and oxygen atoms in total. The molecule has 82 valence electrons. The minimum atomic E-state index is -0.314. The summed E-state index contributed by atoms with van der Waals surface area (Å²) in [6.07, 6.45) is -0.314. The van der Waals surface area contributed by atoms with Crippen molar-refractivity contribution >= 4 is 5.91 Å². The summed E-state index contributed by atoms with van der Waals surface area (Å²) in [6, 6.07) is 0. The van der Waals surface area contributed by atoms with Crippen LogP contribution in [-0.2, 0) is 9.53 Å². The molecule has 1 saturated heterocycles. The molecule has 2 N–H and O–H groups in total. The number of rotatable bonds is 2. The minimum Gasteiger partial charge on any atom is -0.366 e. The van der Waals surface area contributed by atoms with Crippen molar-refractivity contribution in [3.8, 4) is 0 Å². The highest BCUT2D eigenvalue weighted by Crippen LogP contribution is 2.10. The van der Waals surface area contributed by atoms with E-state index in [1.165, 1.54) is 0 Å². The number of hydrogen-bond acceptors (Lipinski definition) is 3. The average molecular weight is 200 g/mol. The monoisotopic (exact) mass is 200 g/mol. The van der Waals surface area contributed by atoms with Crippen molar-refractivity contribution < 1.29 is 9.53 Å². The lowest BCUT2D eigenvalue weighted by atomic mass is 9.97. The fourth-order valence-electron chi connectivity index (χ4n) is 1.20. The first-order valence-electron chi connectivity index (χ1n) is 5.09. The van der Waals surface area contributed by atoms with Crippen LogP contribution in [0.1, 0.15) is 20.8 Å². The normalized spacial score (nSPS) is 23.2. The fourth-order valence-corrected chi connectivity index (χ4v) is 1.20. The number of amides is 1. The van der Waals surface area contributed by atoms with Gasteiger partial charge in [-0.05, 0) is 5.41 Å². The van der Waals surface area contributed by atoms with Crippen LogP contribution >= 0.6 is 0 Å². The van der Waals surface area contributed by atoms with Crippen molar-refractivity contribution in [3.63, 3.8) is 0 Å². The number of hydrogen-bond donors (Lipinski definition) is 2. The van der Waals surface area contributed by atoms with Crippen molar-refractivity contribution in [2.75, 3.05) is 26.2 Å². The molecule has 1 aliphatic rings. The van der Waals surface area contributed by atoms with E-state index in [-0.39, 0.29) is 17.4 Å². The van der Waals surface area contributed by atoms with Crippen LogP contribution in [0.4, 0.5) is 0 Å². The molecule has 1 amide bonds. The number of morpholine rings is 1. The maximum Gasteiger partial charge on any atom is 0.250 e. The van der Waals surface area contributed by atoms with Crippen LogP contribution in [-0.4, -0.2) is 38.3 Å². The van der Waals surface area contributed by atoms with Crippen LogP contribution in [0.5, 0.6) is 0 Å². The third kappa shape index (κ3) is 4.07. The maximum atomic E-state index is 11.6. The smallest absolute Gasteiger partial charge is 0.250 e. The zero-order chi connectivity index (χ0) is 10.6. The molecule has 1 aliphatic heterocycles. The molecule has 0 radical (unpaired) electrons. The second kappa shape index (κ2) is 4.75. The van der Waals surface area contributed by atoms with E-state index in [1.54, 1.807) is 0 Å². The number of carbonyl (C=O) groups is 1. The van der Waals surface area contributed by atoms with E-state index in [4.69, 9.17) is 4.74 Å². The van der Waals surface area contributed by atoms with E-state index in [0.717, 1.165) is 6.54 Å². The molecule has 0 unspecified atom stereocenters. The molecular weight excluding hydrogens is 180 g/mol. The van der Waals surface area contributed by atoms with E-state index < -0.39 is 0 Å². The molecule has 0 aromatic heterocycles. The lowest BCUT2D eigenvalue weighted by molar-refractivity contribution is -0.134. The Morgan fingerprint density at radius 1 is 1.57 bits per heavy atom. The van der Waals surface area contributed by atoms with Gasteiger partial charge in [0.25, 0.3) is 0 Å². The number of ether oxygens (including phenoxy) is 1. The summed E-state index contributed by atoms with van der Waals surface area (Å²) in [7, 11) is 0. The van der Waals surface area contributed by atoms with Crippen LogP contribution in [0, 0.1) is 5.41 Å². The van der Waals surface area contributed by atoms with Crippen molar-refractivity contribution in [1.29, 1.82) is 0 Å². The van der Waals surface area contributed by atoms with Gasteiger partial charge in [-0.3, -0.25) is 4.79 Å². The molecule has 0 aliphatic carbocycles. The standard InChI is InChI=1S/C10H20N2O2/c1-10(2,3)7-12-9(13)8-6-11-4-5-14-8/h8,11H,4-7H2,1-3H3,(H,12,13)/t8-/m0/s1. The summed E-state index contributed by atoms with van der Waals surface area (Å²) in [5, 5.41) is 6.02. The molecule has 4 heteroatoms. The second-order valence-corrected chi connectivity index (χ2v) is 4.84. The largest absolute Gasteiger partial charge is 0.366 e. The lowest BCUT2D eigenvalue weighted by Crippen LogP contribution is -2.49. The predicted molar refractivity (Wildman–Crippen MR) is 55.1 cm³/mol. The van der Waals surface area contributed by atoms with Crippen molar-refractivity contribution in [3.05, 3.63) is 0 Å². The summed E-state index contributed by atoms with van der Waals surface area (Å²) in [5.41, 5.74) is 0.123. The zero-order valence-electron chi connectivity index (χ0n) is 9.22. The first-order chi connectivity index (χ1) is 6.49. The molecule has 1 fully saturated rings. The molecule has 1 atom stereocenters. The Morgan fingerprint density at radius 2 is 2.29 bits per heavy atom. The van der Waals surface area contributed by atoms with E-state index in [9.17, 15) is 4.79 Å². The van der Waals surface area contributed by atoms with E-state index >= 15 is 0 Å². The number of carbonyl (C=O) groups excluding carboxylic acids is 1. The summed E-state index contributed by atoms with van der Waals surface area (Å²) in [5.74, 6) is -0.00729. The van der Waals surface area contributed by atoms with Crippen LogP contribution in [0.25, 0.3) is 0 Å². The van der Waals surface area contributed by atoms with Crippen molar-refractivity contribution in [1.82, 2.24) is 10.6 Å². The van der Waals surface area contributed by atoms with Gasteiger partial charge in [-0.2, -0.15) is 0 Å². The summed E-state index contributed by atoms with van der Waals surface area (Å²) < 4.78 is 5.33. The van der Waals surface area contributed by atoms with Gasteiger partial charge in [-0.1, -0.05) is 20.8 Å². The van der Waals surface area contributed by atoms with Crippen LogP contribution < -0.4 is 10.6 Å². The Balaban J connectivity index is 2.27. The fraction of sp³-hybridized carbons (Fsp3) is 0.900. The van der Waals surface area contributed by atoms with Crippen molar-refractivity contribution in [2.45, 2.75) is 26.9 Å². The Morgan fingerprint density at radius 3 is 2.79 bits per heavy atom. The van der Waals surface area contributed by atoms with Gasteiger partial charge in [0, 0.05) is 19.6 Å². The summed E-state index contributed by atoms with van der Waals surface area (Å²) >= 11 is 0. The SMILES string of the molecule is CC(C)(C)CNC(=O)[C@@H]1CNCCO1. The molecule has 0 bridgehead atoms. The topological polar surface area (TPSA) is 50.4 Å². The molecule has 0 aromatic carbocycles. The average Bonchev–Trinajstić information content (AvgIpc) is 2.14. The first-order valence-corrected chi connectivity index (χ1v) is 5.09. The molecular formula is C10H20N2O2. The second-order valence-electron chi connectivity index (χ2n) is 4.84. The Kier molecular flexibility index (Phi) is 3.89. The Labute approximate surface area is 85.4 Å². The molecule has 0 aromatic rings. The van der Waals surface area contributed by atoms with Crippen LogP contribution in [0.15, 0.2) is 0 Å². The first kappa shape index (κ1) is 11.5. The van der Waals surface area contributed by atoms with E-state index in [0.29, 0.717) is 19.7 Å². The Hall–Kier alpha value is -0.610.